The molecule has 0 aliphatic carbocycles. The van der Waals surface area contributed by atoms with Gasteiger partial charge in [-0.3, -0.25) is 0 Å². The number of benzene rings is 1. The second kappa shape index (κ2) is 4.97. The molecule has 1 aromatic heterocycles. The summed E-state index contributed by atoms with van der Waals surface area (Å²) in [7, 11) is 2.65. The van der Waals surface area contributed by atoms with E-state index in [9.17, 15) is 17.2 Å². The van der Waals surface area contributed by atoms with E-state index in [0.717, 1.165) is 10.8 Å². The lowest BCUT2D eigenvalue weighted by Crippen LogP contribution is -2.04. The van der Waals surface area contributed by atoms with Crippen LogP contribution in [0.25, 0.3) is 10.9 Å². The van der Waals surface area contributed by atoms with E-state index in [2.05, 4.69) is 0 Å². The van der Waals surface area contributed by atoms with Crippen molar-refractivity contribution in [3.8, 4) is 5.75 Å². The summed E-state index contributed by atoms with van der Waals surface area (Å²) >= 11 is 0. The highest BCUT2D eigenvalue weighted by Crippen LogP contribution is 2.35. The highest BCUT2D eigenvalue weighted by molar-refractivity contribution is 8.14. The van der Waals surface area contributed by atoms with E-state index in [0.29, 0.717) is 5.52 Å². The minimum Gasteiger partial charge on any atom is -0.496 e. The molecule has 0 amide bonds. The highest BCUT2D eigenvalue weighted by atomic mass is 35.7. The molecule has 8 heteroatoms. The standard InChI is InChI=1S/C11H10ClF2NO3S/c1-18-8-4-2-3-7-11(8)9(19(12,16)17)5-15(7)6-10(13)14/h2-5,10H,6H2,1H3. The quantitative estimate of drug-likeness (QED) is 0.816. The lowest BCUT2D eigenvalue weighted by Gasteiger charge is -2.05. The van der Waals surface area contributed by atoms with Gasteiger partial charge in [-0.05, 0) is 12.1 Å². The maximum absolute atomic E-state index is 12.5. The van der Waals surface area contributed by atoms with Gasteiger partial charge in [0.25, 0.3) is 15.5 Å². The predicted octanol–water partition coefficient (Wildman–Crippen LogP) is 2.84. The zero-order chi connectivity index (χ0) is 14.2. The van der Waals surface area contributed by atoms with Gasteiger partial charge >= 0.3 is 0 Å². The van der Waals surface area contributed by atoms with Crippen LogP contribution < -0.4 is 4.74 Å². The van der Waals surface area contributed by atoms with Crippen LogP contribution in [0, 0.1) is 0 Å². The van der Waals surface area contributed by atoms with Gasteiger partial charge in [-0.25, -0.2) is 17.2 Å². The molecule has 0 aliphatic rings. The Morgan fingerprint density at radius 2 is 2.11 bits per heavy atom. The summed E-state index contributed by atoms with van der Waals surface area (Å²) in [5.74, 6) is 0.268. The third kappa shape index (κ3) is 2.66. The van der Waals surface area contributed by atoms with E-state index in [1.807, 2.05) is 0 Å². The summed E-state index contributed by atoms with van der Waals surface area (Å²) in [5.41, 5.74) is 0.332. The maximum atomic E-state index is 12.5. The molecule has 0 saturated carbocycles. The summed E-state index contributed by atoms with van der Waals surface area (Å²) in [4.78, 5) is -0.234. The molecule has 0 spiro atoms. The van der Waals surface area contributed by atoms with Crippen LogP contribution in [-0.2, 0) is 15.6 Å². The van der Waals surface area contributed by atoms with Crippen molar-refractivity contribution in [3.63, 3.8) is 0 Å². The van der Waals surface area contributed by atoms with Crippen molar-refractivity contribution in [2.75, 3.05) is 7.11 Å². The van der Waals surface area contributed by atoms with Crippen LogP contribution in [0.2, 0.25) is 0 Å². The normalized spacial score (nSPS) is 12.3. The van der Waals surface area contributed by atoms with E-state index in [1.165, 1.54) is 13.2 Å². The molecule has 4 nitrogen and oxygen atoms in total. The van der Waals surface area contributed by atoms with E-state index in [-0.39, 0.29) is 16.0 Å². The van der Waals surface area contributed by atoms with Gasteiger partial charge in [-0.15, -0.1) is 0 Å². The molecular formula is C11H10ClF2NO3S. The molecule has 19 heavy (non-hydrogen) atoms. The molecule has 0 N–H and O–H groups in total. The number of fused-ring (bicyclic) bond motifs is 1. The summed E-state index contributed by atoms with van der Waals surface area (Å²) in [6.45, 7) is -0.615. The van der Waals surface area contributed by atoms with Crippen LogP contribution in [0.3, 0.4) is 0 Å². The second-order valence-electron chi connectivity index (χ2n) is 3.83. The topological polar surface area (TPSA) is 48.3 Å². The Hall–Kier alpha value is -1.34. The van der Waals surface area contributed by atoms with Crippen LogP contribution in [0.5, 0.6) is 5.75 Å². The first-order valence-corrected chi connectivity index (χ1v) is 7.54. The maximum Gasteiger partial charge on any atom is 0.263 e. The smallest absolute Gasteiger partial charge is 0.263 e. The van der Waals surface area contributed by atoms with Gasteiger partial charge in [0, 0.05) is 16.9 Å². The Kier molecular flexibility index (Phi) is 3.69. The van der Waals surface area contributed by atoms with Gasteiger partial charge < -0.3 is 9.30 Å². The number of ether oxygens (including phenoxy) is 1. The van der Waals surface area contributed by atoms with Crippen molar-refractivity contribution >= 4 is 30.6 Å². The molecule has 0 fully saturated rings. The number of methoxy groups -OCH3 is 1. The molecule has 104 valence electrons. The fraction of sp³-hybridized carbons (Fsp3) is 0.273. The molecule has 1 aromatic carbocycles. The Bertz CT molecular complexity index is 712. The summed E-state index contributed by atoms with van der Waals surface area (Å²) in [6, 6.07) is 4.67. The average molecular weight is 310 g/mol. The van der Waals surface area contributed by atoms with Crippen molar-refractivity contribution in [1.82, 2.24) is 4.57 Å². The highest BCUT2D eigenvalue weighted by Gasteiger charge is 2.22. The lowest BCUT2D eigenvalue weighted by atomic mass is 10.2. The van der Waals surface area contributed by atoms with Gasteiger partial charge in [-0.1, -0.05) is 6.07 Å². The number of alkyl halides is 2. The van der Waals surface area contributed by atoms with Crippen LogP contribution in [0.15, 0.2) is 29.3 Å². The van der Waals surface area contributed by atoms with Crippen LogP contribution in [0.1, 0.15) is 0 Å². The predicted molar refractivity (Wildman–Crippen MR) is 67.5 cm³/mol. The lowest BCUT2D eigenvalue weighted by molar-refractivity contribution is 0.128. The van der Waals surface area contributed by atoms with Gasteiger partial charge in [0.2, 0.25) is 0 Å². The first kappa shape index (κ1) is 14.1. The van der Waals surface area contributed by atoms with Crippen molar-refractivity contribution in [3.05, 3.63) is 24.4 Å². The molecule has 0 unspecified atom stereocenters. The van der Waals surface area contributed by atoms with E-state index >= 15 is 0 Å². The average Bonchev–Trinajstić information content (AvgIpc) is 2.67. The van der Waals surface area contributed by atoms with Crippen molar-refractivity contribution in [2.45, 2.75) is 17.9 Å². The fourth-order valence-corrected chi connectivity index (χ4v) is 2.99. The van der Waals surface area contributed by atoms with Gasteiger partial charge in [-0.2, -0.15) is 0 Å². The minimum absolute atomic E-state index is 0.209. The molecule has 0 radical (unpaired) electrons. The molecule has 0 atom stereocenters. The van der Waals surface area contributed by atoms with Crippen LogP contribution in [0.4, 0.5) is 8.78 Å². The summed E-state index contributed by atoms with van der Waals surface area (Å²) in [5, 5.41) is 0.209. The Balaban J connectivity index is 2.81. The molecule has 0 bridgehead atoms. The van der Waals surface area contributed by atoms with Gasteiger partial charge in [0.15, 0.2) is 0 Å². The van der Waals surface area contributed by atoms with Crippen molar-refractivity contribution in [1.29, 1.82) is 0 Å². The first-order valence-electron chi connectivity index (χ1n) is 5.23. The SMILES string of the molecule is COc1cccc2c1c(S(=O)(=O)Cl)cn2CC(F)F. The minimum atomic E-state index is -4.05. The Morgan fingerprint density at radius 1 is 1.42 bits per heavy atom. The third-order valence-corrected chi connectivity index (χ3v) is 3.98. The molecular weight excluding hydrogens is 300 g/mol. The summed E-state index contributed by atoms with van der Waals surface area (Å²) in [6.07, 6.45) is -1.51. The Labute approximate surface area is 113 Å². The van der Waals surface area contributed by atoms with E-state index in [1.54, 1.807) is 12.1 Å². The largest absolute Gasteiger partial charge is 0.496 e. The number of rotatable bonds is 4. The first-order chi connectivity index (χ1) is 8.84. The van der Waals surface area contributed by atoms with Crippen LogP contribution >= 0.6 is 10.7 Å². The summed E-state index contributed by atoms with van der Waals surface area (Å²) < 4.78 is 54.3. The fourth-order valence-electron chi connectivity index (χ4n) is 1.94. The molecule has 0 saturated heterocycles. The number of hydrogen-bond donors (Lipinski definition) is 0. The number of hydrogen-bond acceptors (Lipinski definition) is 3. The number of nitrogens with zero attached hydrogens (tertiary/aromatic N) is 1. The zero-order valence-electron chi connectivity index (χ0n) is 9.81. The van der Waals surface area contributed by atoms with Crippen molar-refractivity contribution in [2.24, 2.45) is 0 Å². The van der Waals surface area contributed by atoms with Gasteiger partial charge in [0.1, 0.15) is 10.6 Å². The van der Waals surface area contributed by atoms with Crippen LogP contribution in [-0.4, -0.2) is 26.5 Å². The second-order valence-corrected chi connectivity index (χ2v) is 6.36. The van der Waals surface area contributed by atoms with Crippen molar-refractivity contribution < 1.29 is 21.9 Å². The number of halogens is 3. The van der Waals surface area contributed by atoms with Gasteiger partial charge in [0.05, 0.1) is 24.6 Å². The molecule has 2 aromatic rings. The van der Waals surface area contributed by atoms with E-state index in [4.69, 9.17) is 15.4 Å². The van der Waals surface area contributed by atoms with E-state index < -0.39 is 22.0 Å². The molecule has 2 rings (SSSR count). The Morgan fingerprint density at radius 3 is 2.63 bits per heavy atom. The zero-order valence-corrected chi connectivity index (χ0v) is 11.4. The monoisotopic (exact) mass is 309 g/mol. The molecule has 1 heterocycles. The third-order valence-electron chi connectivity index (χ3n) is 2.65. The molecule has 0 aliphatic heterocycles. The number of aromatic nitrogens is 1.